The molecule has 20 heavy (non-hydrogen) atoms. The van der Waals surface area contributed by atoms with Gasteiger partial charge < -0.3 is 14.8 Å². The summed E-state index contributed by atoms with van der Waals surface area (Å²) in [6.45, 7) is 1.82. The largest absolute Gasteiger partial charge is 0.467 e. The Hall–Kier alpha value is -1.66. The molecule has 0 saturated carbocycles. The van der Waals surface area contributed by atoms with E-state index in [1.807, 2.05) is 6.92 Å². The summed E-state index contributed by atoms with van der Waals surface area (Å²) in [6.07, 6.45) is 2.71. The van der Waals surface area contributed by atoms with Crippen LogP contribution in [-0.4, -0.2) is 22.0 Å². The Morgan fingerprint density at radius 3 is 2.90 bits per heavy atom. The molecular formula is C14H15BrN2O3. The summed E-state index contributed by atoms with van der Waals surface area (Å²) in [4.78, 5) is 16.0. The van der Waals surface area contributed by atoms with Crippen LogP contribution in [0, 0.1) is 0 Å². The number of nitrogens with zero attached hydrogens (tertiary/aromatic N) is 1. The molecule has 0 spiro atoms. The average Bonchev–Trinajstić information content (AvgIpc) is 2.93. The predicted molar refractivity (Wildman–Crippen MR) is 77.2 cm³/mol. The van der Waals surface area contributed by atoms with Crippen LogP contribution in [0.4, 0.5) is 0 Å². The minimum atomic E-state index is -0.738. The monoisotopic (exact) mass is 338 g/mol. The van der Waals surface area contributed by atoms with E-state index in [0.717, 1.165) is 4.47 Å². The van der Waals surface area contributed by atoms with Gasteiger partial charge in [0.1, 0.15) is 17.6 Å². The van der Waals surface area contributed by atoms with Crippen molar-refractivity contribution in [2.24, 2.45) is 0 Å². The maximum atomic E-state index is 11.9. The molecule has 0 fully saturated rings. The number of hydrogen-bond acceptors (Lipinski definition) is 4. The van der Waals surface area contributed by atoms with E-state index in [2.05, 4.69) is 26.2 Å². The number of hydrogen-bond donors (Lipinski definition) is 2. The van der Waals surface area contributed by atoms with Gasteiger partial charge in [-0.25, -0.2) is 4.98 Å². The summed E-state index contributed by atoms with van der Waals surface area (Å²) in [5, 5.41) is 12.7. The zero-order valence-corrected chi connectivity index (χ0v) is 12.5. The molecule has 5 nitrogen and oxygen atoms in total. The van der Waals surface area contributed by atoms with Crippen LogP contribution in [-0.2, 0) is 0 Å². The number of aromatic nitrogens is 1. The molecule has 2 unspecified atom stereocenters. The molecule has 2 aromatic rings. The molecule has 0 radical (unpaired) electrons. The smallest absolute Gasteiger partial charge is 0.270 e. The summed E-state index contributed by atoms with van der Waals surface area (Å²) in [7, 11) is 0. The normalized spacial score (nSPS) is 13.8. The Balaban J connectivity index is 1.89. The third-order valence-corrected chi connectivity index (χ3v) is 3.26. The number of nitrogens with one attached hydrogen (secondary N) is 1. The second-order valence-corrected chi connectivity index (χ2v) is 5.42. The van der Waals surface area contributed by atoms with Crippen molar-refractivity contribution in [1.29, 1.82) is 0 Å². The van der Waals surface area contributed by atoms with Gasteiger partial charge in [-0.3, -0.25) is 4.79 Å². The lowest BCUT2D eigenvalue weighted by Gasteiger charge is -2.16. The number of amides is 1. The van der Waals surface area contributed by atoms with E-state index in [9.17, 15) is 9.90 Å². The fourth-order valence-corrected chi connectivity index (χ4v) is 2.03. The number of rotatable bonds is 5. The first kappa shape index (κ1) is 14.7. The van der Waals surface area contributed by atoms with Gasteiger partial charge in [0.2, 0.25) is 0 Å². The van der Waals surface area contributed by atoms with Crippen molar-refractivity contribution in [3.63, 3.8) is 0 Å². The van der Waals surface area contributed by atoms with E-state index in [1.165, 1.54) is 6.26 Å². The highest BCUT2D eigenvalue weighted by molar-refractivity contribution is 9.10. The van der Waals surface area contributed by atoms with Gasteiger partial charge in [0.15, 0.2) is 0 Å². The molecule has 0 aromatic carbocycles. The van der Waals surface area contributed by atoms with E-state index < -0.39 is 6.10 Å². The van der Waals surface area contributed by atoms with Crippen molar-refractivity contribution in [3.8, 4) is 0 Å². The molecule has 0 aliphatic carbocycles. The van der Waals surface area contributed by atoms with Crippen LogP contribution in [0.1, 0.15) is 35.7 Å². The molecule has 0 saturated heterocycles. The second kappa shape index (κ2) is 6.67. The number of carbonyl (C=O) groups excluding carboxylic acids is 1. The lowest BCUT2D eigenvalue weighted by molar-refractivity contribution is 0.0898. The molecular weight excluding hydrogens is 324 g/mol. The molecule has 2 aromatic heterocycles. The molecule has 2 atom stereocenters. The predicted octanol–water partition coefficient (Wildman–Crippen LogP) is 2.68. The Morgan fingerprint density at radius 1 is 1.50 bits per heavy atom. The Kier molecular flexibility index (Phi) is 4.92. The molecule has 2 heterocycles. The summed E-state index contributed by atoms with van der Waals surface area (Å²) < 4.78 is 5.93. The number of aliphatic hydroxyl groups is 1. The van der Waals surface area contributed by atoms with E-state index in [-0.39, 0.29) is 11.9 Å². The van der Waals surface area contributed by atoms with Gasteiger partial charge >= 0.3 is 0 Å². The topological polar surface area (TPSA) is 75.4 Å². The Bertz CT molecular complexity index is 554. The van der Waals surface area contributed by atoms with Gasteiger partial charge in [-0.15, -0.1) is 0 Å². The summed E-state index contributed by atoms with van der Waals surface area (Å²) in [5.41, 5.74) is 0.340. The highest BCUT2D eigenvalue weighted by atomic mass is 79.9. The maximum absolute atomic E-state index is 11.9. The third kappa shape index (κ3) is 3.91. The molecule has 6 heteroatoms. The van der Waals surface area contributed by atoms with Crippen molar-refractivity contribution < 1.29 is 14.3 Å². The maximum Gasteiger partial charge on any atom is 0.270 e. The molecule has 2 N–H and O–H groups in total. The van der Waals surface area contributed by atoms with Crippen molar-refractivity contribution in [3.05, 3.63) is 52.7 Å². The van der Waals surface area contributed by atoms with Crippen LogP contribution in [0.5, 0.6) is 0 Å². The molecule has 106 valence electrons. The molecule has 2 rings (SSSR count). The minimum Gasteiger partial charge on any atom is -0.467 e. The van der Waals surface area contributed by atoms with E-state index >= 15 is 0 Å². The molecule has 1 amide bonds. The fraction of sp³-hybridized carbons (Fsp3) is 0.286. The number of furan rings is 1. The summed E-state index contributed by atoms with van der Waals surface area (Å²) in [6, 6.07) is 6.61. The first-order chi connectivity index (χ1) is 9.56. The van der Waals surface area contributed by atoms with Gasteiger partial charge in [0.05, 0.1) is 6.26 Å². The quantitative estimate of drug-likeness (QED) is 0.878. The van der Waals surface area contributed by atoms with Gasteiger partial charge in [0, 0.05) is 23.1 Å². The zero-order valence-electron chi connectivity index (χ0n) is 10.9. The zero-order chi connectivity index (χ0) is 14.5. The molecule has 0 aliphatic heterocycles. The van der Waals surface area contributed by atoms with Gasteiger partial charge in [-0.1, -0.05) is 0 Å². The second-order valence-electron chi connectivity index (χ2n) is 4.50. The van der Waals surface area contributed by atoms with Crippen LogP contribution in [0.2, 0.25) is 0 Å². The SMILES string of the molecule is CC(CC(O)c1ccco1)NC(=O)c1ccc(Br)cn1. The van der Waals surface area contributed by atoms with Gasteiger partial charge in [0.25, 0.3) is 5.91 Å². The summed E-state index contributed by atoms with van der Waals surface area (Å²) >= 11 is 3.26. The van der Waals surface area contributed by atoms with Gasteiger partial charge in [-0.2, -0.15) is 0 Å². The molecule has 0 aliphatic rings. The first-order valence-corrected chi connectivity index (χ1v) is 6.99. The fourth-order valence-electron chi connectivity index (χ4n) is 1.80. The summed E-state index contributed by atoms with van der Waals surface area (Å²) in [5.74, 6) is 0.226. The number of pyridine rings is 1. The Morgan fingerprint density at radius 2 is 2.30 bits per heavy atom. The molecule has 0 bridgehead atoms. The lowest BCUT2D eigenvalue weighted by Crippen LogP contribution is -2.34. The number of halogens is 1. The van der Waals surface area contributed by atoms with Crippen LogP contribution < -0.4 is 5.32 Å². The highest BCUT2D eigenvalue weighted by Crippen LogP contribution is 2.18. The van der Waals surface area contributed by atoms with Crippen molar-refractivity contribution in [2.45, 2.75) is 25.5 Å². The van der Waals surface area contributed by atoms with Crippen molar-refractivity contribution in [2.75, 3.05) is 0 Å². The van der Waals surface area contributed by atoms with Crippen LogP contribution >= 0.6 is 15.9 Å². The Labute approximate surface area is 125 Å². The first-order valence-electron chi connectivity index (χ1n) is 6.20. The third-order valence-electron chi connectivity index (χ3n) is 2.79. The van der Waals surface area contributed by atoms with E-state index in [1.54, 1.807) is 30.5 Å². The minimum absolute atomic E-state index is 0.201. The van der Waals surface area contributed by atoms with Crippen LogP contribution in [0.25, 0.3) is 0 Å². The van der Waals surface area contributed by atoms with Crippen LogP contribution in [0.3, 0.4) is 0 Å². The number of carbonyl (C=O) groups is 1. The highest BCUT2D eigenvalue weighted by Gasteiger charge is 2.17. The lowest BCUT2D eigenvalue weighted by atomic mass is 10.1. The standard InChI is InChI=1S/C14H15BrN2O3/c1-9(7-12(18)13-3-2-6-20-13)17-14(19)11-5-4-10(15)8-16-11/h2-6,8-9,12,18H,7H2,1H3,(H,17,19). The van der Waals surface area contributed by atoms with E-state index in [0.29, 0.717) is 17.9 Å². The van der Waals surface area contributed by atoms with Gasteiger partial charge in [-0.05, 0) is 47.1 Å². The van der Waals surface area contributed by atoms with Crippen LogP contribution in [0.15, 0.2) is 45.6 Å². The average molecular weight is 339 g/mol. The van der Waals surface area contributed by atoms with Crippen molar-refractivity contribution in [1.82, 2.24) is 10.3 Å². The number of aliphatic hydroxyl groups excluding tert-OH is 1. The van der Waals surface area contributed by atoms with Crippen molar-refractivity contribution >= 4 is 21.8 Å². The van der Waals surface area contributed by atoms with E-state index in [4.69, 9.17) is 4.42 Å².